The standard InChI is InChI=1S/C20H36N6/c1-3-20(12-9-13-20)16-23-19(21-4-2)22-14-8-11-18-25-24-17-10-6-5-7-15-26(17)18/h3-16H2,1-2H3,(H2,21,22,23). The number of hydrogen-bond donors (Lipinski definition) is 2. The molecule has 0 bridgehead atoms. The van der Waals surface area contributed by atoms with E-state index in [0.717, 1.165) is 57.2 Å². The number of nitrogens with one attached hydrogen (secondary N) is 2. The van der Waals surface area contributed by atoms with Crippen molar-refractivity contribution in [3.8, 4) is 0 Å². The van der Waals surface area contributed by atoms with Gasteiger partial charge in [-0.2, -0.15) is 0 Å². The molecule has 1 fully saturated rings. The maximum Gasteiger partial charge on any atom is 0.191 e. The third kappa shape index (κ3) is 4.77. The van der Waals surface area contributed by atoms with Gasteiger partial charge in [-0.15, -0.1) is 10.2 Å². The van der Waals surface area contributed by atoms with Crippen LogP contribution in [0.1, 0.15) is 76.9 Å². The van der Waals surface area contributed by atoms with Gasteiger partial charge >= 0.3 is 0 Å². The van der Waals surface area contributed by atoms with Crippen LogP contribution >= 0.6 is 0 Å². The highest BCUT2D eigenvalue weighted by atomic mass is 15.3. The third-order valence-corrected chi connectivity index (χ3v) is 6.14. The topological polar surface area (TPSA) is 67.1 Å². The van der Waals surface area contributed by atoms with Gasteiger partial charge in [0.05, 0.1) is 0 Å². The first-order chi connectivity index (χ1) is 12.8. The average Bonchev–Trinajstić information content (AvgIpc) is 2.84. The first-order valence-electron chi connectivity index (χ1n) is 10.7. The molecule has 1 aliphatic carbocycles. The normalized spacial score (nSPS) is 19.4. The first-order valence-corrected chi connectivity index (χ1v) is 10.7. The van der Waals surface area contributed by atoms with Crippen molar-refractivity contribution in [1.82, 2.24) is 25.4 Å². The second-order valence-electron chi connectivity index (χ2n) is 7.93. The maximum atomic E-state index is 4.86. The number of aliphatic imine (C=N–C) groups is 1. The van der Waals surface area contributed by atoms with Crippen molar-refractivity contribution < 1.29 is 0 Å². The molecule has 0 aromatic carbocycles. The van der Waals surface area contributed by atoms with Crippen LogP contribution in [0.3, 0.4) is 0 Å². The summed E-state index contributed by atoms with van der Waals surface area (Å²) in [6, 6.07) is 0. The van der Waals surface area contributed by atoms with E-state index in [0.29, 0.717) is 5.41 Å². The van der Waals surface area contributed by atoms with Gasteiger partial charge in [0, 0.05) is 39.0 Å². The summed E-state index contributed by atoms with van der Waals surface area (Å²) >= 11 is 0. The molecule has 0 spiro atoms. The summed E-state index contributed by atoms with van der Waals surface area (Å²) in [5, 5.41) is 15.7. The highest BCUT2D eigenvalue weighted by Gasteiger charge is 2.34. The second kappa shape index (κ2) is 9.38. The van der Waals surface area contributed by atoms with E-state index in [9.17, 15) is 0 Å². The summed E-state index contributed by atoms with van der Waals surface area (Å²) in [5.74, 6) is 3.31. The summed E-state index contributed by atoms with van der Waals surface area (Å²) in [5.41, 5.74) is 0.474. The van der Waals surface area contributed by atoms with Crippen LogP contribution in [0.5, 0.6) is 0 Å². The minimum Gasteiger partial charge on any atom is -0.357 e. The fourth-order valence-electron chi connectivity index (χ4n) is 4.07. The second-order valence-corrected chi connectivity index (χ2v) is 7.93. The van der Waals surface area contributed by atoms with E-state index in [1.54, 1.807) is 0 Å². The van der Waals surface area contributed by atoms with Gasteiger partial charge in [0.2, 0.25) is 0 Å². The van der Waals surface area contributed by atoms with Crippen LogP contribution in [0, 0.1) is 5.41 Å². The minimum absolute atomic E-state index is 0.474. The lowest BCUT2D eigenvalue weighted by atomic mass is 9.67. The number of rotatable bonds is 8. The Labute approximate surface area is 158 Å². The SMILES string of the molecule is CCNC(=NCC1(CC)CCC1)NCCCc1nnc2n1CCCCC2. The molecular weight excluding hydrogens is 324 g/mol. The minimum atomic E-state index is 0.474. The van der Waals surface area contributed by atoms with E-state index in [4.69, 9.17) is 4.99 Å². The molecule has 2 heterocycles. The Bertz CT molecular complexity index is 582. The number of fused-ring (bicyclic) bond motifs is 1. The number of aryl methyl sites for hydroxylation is 2. The van der Waals surface area contributed by atoms with Gasteiger partial charge in [0.1, 0.15) is 11.6 Å². The molecule has 0 unspecified atom stereocenters. The number of nitrogens with zero attached hydrogens (tertiary/aromatic N) is 4. The highest BCUT2D eigenvalue weighted by Crippen LogP contribution is 2.43. The molecule has 1 aliphatic heterocycles. The quantitative estimate of drug-likeness (QED) is 0.425. The third-order valence-electron chi connectivity index (χ3n) is 6.14. The fraction of sp³-hybridized carbons (Fsp3) is 0.850. The molecule has 0 amide bonds. The van der Waals surface area contributed by atoms with Gasteiger partial charge in [-0.25, -0.2) is 0 Å². The summed E-state index contributed by atoms with van der Waals surface area (Å²) in [6.45, 7) is 8.30. The summed E-state index contributed by atoms with van der Waals surface area (Å²) < 4.78 is 2.36. The number of aromatic nitrogens is 3. The molecule has 2 N–H and O–H groups in total. The van der Waals surface area contributed by atoms with Crippen LogP contribution in [0.25, 0.3) is 0 Å². The smallest absolute Gasteiger partial charge is 0.191 e. The molecule has 0 radical (unpaired) electrons. The Hall–Kier alpha value is -1.59. The van der Waals surface area contributed by atoms with Crippen molar-refractivity contribution in [2.45, 2.75) is 84.6 Å². The molecule has 1 aromatic rings. The van der Waals surface area contributed by atoms with E-state index in [1.807, 2.05) is 0 Å². The zero-order valence-electron chi connectivity index (χ0n) is 16.7. The molecule has 26 heavy (non-hydrogen) atoms. The fourth-order valence-corrected chi connectivity index (χ4v) is 4.07. The molecular formula is C20H36N6. The monoisotopic (exact) mass is 360 g/mol. The van der Waals surface area contributed by atoms with E-state index >= 15 is 0 Å². The lowest BCUT2D eigenvalue weighted by Gasteiger charge is -2.40. The molecule has 0 saturated heterocycles. The van der Waals surface area contributed by atoms with Gasteiger partial charge in [-0.3, -0.25) is 4.99 Å². The zero-order valence-corrected chi connectivity index (χ0v) is 16.7. The average molecular weight is 361 g/mol. The van der Waals surface area contributed by atoms with E-state index in [1.165, 1.54) is 50.8 Å². The molecule has 1 aromatic heterocycles. The molecule has 3 rings (SSSR count). The van der Waals surface area contributed by atoms with Crippen LogP contribution in [0.15, 0.2) is 4.99 Å². The summed E-state index contributed by atoms with van der Waals surface area (Å²) in [4.78, 5) is 4.86. The first kappa shape index (κ1) is 19.2. The van der Waals surface area contributed by atoms with Gasteiger partial charge in [-0.05, 0) is 50.9 Å². The zero-order chi connectivity index (χ0) is 18.2. The van der Waals surface area contributed by atoms with Crippen LogP contribution in [0.4, 0.5) is 0 Å². The Kier molecular flexibility index (Phi) is 6.92. The van der Waals surface area contributed by atoms with Crippen molar-refractivity contribution in [2.75, 3.05) is 19.6 Å². The van der Waals surface area contributed by atoms with Crippen molar-refractivity contribution in [3.63, 3.8) is 0 Å². The van der Waals surface area contributed by atoms with Crippen LogP contribution < -0.4 is 10.6 Å². The van der Waals surface area contributed by atoms with E-state index in [-0.39, 0.29) is 0 Å². The van der Waals surface area contributed by atoms with E-state index in [2.05, 4.69) is 39.2 Å². The lowest BCUT2D eigenvalue weighted by molar-refractivity contribution is 0.139. The molecule has 1 saturated carbocycles. The van der Waals surface area contributed by atoms with Crippen molar-refractivity contribution >= 4 is 5.96 Å². The summed E-state index contributed by atoms with van der Waals surface area (Å²) in [6.07, 6.45) is 12.2. The molecule has 6 nitrogen and oxygen atoms in total. The van der Waals surface area contributed by atoms with Crippen LogP contribution in [-0.2, 0) is 19.4 Å². The summed E-state index contributed by atoms with van der Waals surface area (Å²) in [7, 11) is 0. The predicted molar refractivity (Wildman–Crippen MR) is 106 cm³/mol. The maximum absolute atomic E-state index is 4.86. The Morgan fingerprint density at radius 1 is 1.12 bits per heavy atom. The van der Waals surface area contributed by atoms with Crippen molar-refractivity contribution in [3.05, 3.63) is 11.6 Å². The Morgan fingerprint density at radius 2 is 2.00 bits per heavy atom. The number of hydrogen-bond acceptors (Lipinski definition) is 3. The Balaban J connectivity index is 1.45. The largest absolute Gasteiger partial charge is 0.357 e. The number of guanidine groups is 1. The molecule has 2 aliphatic rings. The van der Waals surface area contributed by atoms with Gasteiger partial charge in [0.15, 0.2) is 5.96 Å². The van der Waals surface area contributed by atoms with Gasteiger partial charge < -0.3 is 15.2 Å². The van der Waals surface area contributed by atoms with E-state index < -0.39 is 0 Å². The van der Waals surface area contributed by atoms with Gasteiger partial charge in [0.25, 0.3) is 0 Å². The predicted octanol–water partition coefficient (Wildman–Crippen LogP) is 3.07. The van der Waals surface area contributed by atoms with Gasteiger partial charge in [-0.1, -0.05) is 19.8 Å². The van der Waals surface area contributed by atoms with Crippen LogP contribution in [-0.4, -0.2) is 40.4 Å². The molecule has 0 atom stereocenters. The lowest BCUT2D eigenvalue weighted by Crippen LogP contribution is -2.40. The van der Waals surface area contributed by atoms with Crippen molar-refractivity contribution in [2.24, 2.45) is 10.4 Å². The Morgan fingerprint density at radius 3 is 2.73 bits per heavy atom. The molecule has 146 valence electrons. The highest BCUT2D eigenvalue weighted by molar-refractivity contribution is 5.79. The van der Waals surface area contributed by atoms with Crippen LogP contribution in [0.2, 0.25) is 0 Å². The van der Waals surface area contributed by atoms with Crippen molar-refractivity contribution in [1.29, 1.82) is 0 Å². The molecule has 6 heteroatoms.